The maximum Gasteiger partial charge on any atom is 0.358 e. The van der Waals surface area contributed by atoms with E-state index in [1.54, 1.807) is 19.9 Å². The number of amides is 1. The lowest BCUT2D eigenvalue weighted by Gasteiger charge is -2.26. The average Bonchev–Trinajstić information content (AvgIpc) is 2.40. The highest BCUT2D eigenvalue weighted by Gasteiger charge is 2.24. The molecule has 1 aromatic rings. The number of carboxylic acids is 1. The summed E-state index contributed by atoms with van der Waals surface area (Å²) in [5.41, 5.74) is 0.0453. The standard InChI is InChI=1S/C15H22N2O4/c1-6-15(4,5)17-13(18)10(3)21-11-8-7-9(2)16-12(11)14(19)20/h7-8,10H,6H2,1-5H3,(H,17,18)(H,19,20). The van der Waals surface area contributed by atoms with E-state index in [4.69, 9.17) is 9.84 Å². The van der Waals surface area contributed by atoms with E-state index in [2.05, 4.69) is 10.3 Å². The van der Waals surface area contributed by atoms with E-state index in [-0.39, 0.29) is 22.9 Å². The van der Waals surface area contributed by atoms with Gasteiger partial charge in [0.1, 0.15) is 0 Å². The van der Waals surface area contributed by atoms with Crippen LogP contribution in [0.25, 0.3) is 0 Å². The van der Waals surface area contributed by atoms with Gasteiger partial charge in [0.15, 0.2) is 17.5 Å². The molecule has 0 aliphatic heterocycles. The number of hydrogen-bond acceptors (Lipinski definition) is 4. The minimum atomic E-state index is -1.19. The first kappa shape index (κ1) is 16.9. The molecular weight excluding hydrogens is 272 g/mol. The van der Waals surface area contributed by atoms with Crippen LogP contribution in [-0.2, 0) is 4.79 Å². The Morgan fingerprint density at radius 1 is 1.43 bits per heavy atom. The van der Waals surface area contributed by atoms with Gasteiger partial charge in [0, 0.05) is 11.2 Å². The zero-order chi connectivity index (χ0) is 16.2. The minimum absolute atomic E-state index is 0.0880. The number of nitrogens with one attached hydrogen (secondary N) is 1. The lowest BCUT2D eigenvalue weighted by Crippen LogP contribution is -2.48. The average molecular weight is 294 g/mol. The molecule has 1 aromatic heterocycles. The smallest absolute Gasteiger partial charge is 0.358 e. The Kier molecular flexibility index (Phi) is 5.29. The van der Waals surface area contributed by atoms with Gasteiger partial charge in [-0.05, 0) is 46.2 Å². The van der Waals surface area contributed by atoms with Crippen molar-refractivity contribution in [3.8, 4) is 5.75 Å². The fourth-order valence-electron chi connectivity index (χ4n) is 1.56. The van der Waals surface area contributed by atoms with E-state index >= 15 is 0 Å². The lowest BCUT2D eigenvalue weighted by atomic mass is 10.0. The Balaban J connectivity index is 2.86. The van der Waals surface area contributed by atoms with Gasteiger partial charge in [0.05, 0.1) is 0 Å². The number of aromatic nitrogens is 1. The Hall–Kier alpha value is -2.11. The van der Waals surface area contributed by atoms with Crippen molar-refractivity contribution in [1.82, 2.24) is 10.3 Å². The van der Waals surface area contributed by atoms with Crippen molar-refractivity contribution in [2.45, 2.75) is 52.7 Å². The fraction of sp³-hybridized carbons (Fsp3) is 0.533. The van der Waals surface area contributed by atoms with Crippen LogP contribution in [0.1, 0.15) is 50.3 Å². The summed E-state index contributed by atoms with van der Waals surface area (Å²) in [7, 11) is 0. The molecule has 0 aliphatic rings. The number of ether oxygens (including phenoxy) is 1. The van der Waals surface area contributed by atoms with Gasteiger partial charge < -0.3 is 15.2 Å². The number of carbonyl (C=O) groups excluding carboxylic acids is 1. The number of nitrogens with zero attached hydrogens (tertiary/aromatic N) is 1. The summed E-state index contributed by atoms with van der Waals surface area (Å²) in [6, 6.07) is 3.16. The molecule has 0 saturated carbocycles. The van der Waals surface area contributed by atoms with Crippen molar-refractivity contribution in [1.29, 1.82) is 0 Å². The highest BCUT2D eigenvalue weighted by molar-refractivity contribution is 5.89. The lowest BCUT2D eigenvalue weighted by molar-refractivity contribution is -0.129. The van der Waals surface area contributed by atoms with E-state index in [9.17, 15) is 9.59 Å². The second-order valence-corrected chi connectivity index (χ2v) is 5.59. The van der Waals surface area contributed by atoms with Crippen molar-refractivity contribution in [3.05, 3.63) is 23.5 Å². The van der Waals surface area contributed by atoms with Crippen LogP contribution in [-0.4, -0.2) is 33.6 Å². The molecule has 2 N–H and O–H groups in total. The van der Waals surface area contributed by atoms with E-state index in [1.165, 1.54) is 6.07 Å². The molecule has 0 aromatic carbocycles. The number of aromatic carboxylic acids is 1. The zero-order valence-corrected chi connectivity index (χ0v) is 13.1. The van der Waals surface area contributed by atoms with Gasteiger partial charge in [-0.15, -0.1) is 0 Å². The zero-order valence-electron chi connectivity index (χ0n) is 13.1. The highest BCUT2D eigenvalue weighted by Crippen LogP contribution is 2.19. The summed E-state index contributed by atoms with van der Waals surface area (Å²) >= 11 is 0. The third-order valence-electron chi connectivity index (χ3n) is 3.22. The second kappa shape index (κ2) is 6.56. The molecule has 6 heteroatoms. The Morgan fingerprint density at radius 3 is 2.57 bits per heavy atom. The molecule has 1 amide bonds. The molecule has 0 bridgehead atoms. The first-order valence-electron chi connectivity index (χ1n) is 6.86. The van der Waals surface area contributed by atoms with Gasteiger partial charge in [-0.1, -0.05) is 6.92 Å². The quantitative estimate of drug-likeness (QED) is 0.839. The molecule has 1 atom stereocenters. The summed E-state index contributed by atoms with van der Waals surface area (Å²) in [6.07, 6.45) is -0.0313. The number of hydrogen-bond donors (Lipinski definition) is 2. The van der Waals surface area contributed by atoms with Gasteiger partial charge in [0.25, 0.3) is 5.91 Å². The number of rotatable bonds is 6. The predicted octanol–water partition coefficient (Wildman–Crippen LogP) is 2.16. The Bertz CT molecular complexity index is 540. The molecule has 1 heterocycles. The molecule has 1 unspecified atom stereocenters. The minimum Gasteiger partial charge on any atom is -0.478 e. The maximum absolute atomic E-state index is 12.1. The molecule has 6 nitrogen and oxygen atoms in total. The molecule has 1 rings (SSSR count). The summed E-state index contributed by atoms with van der Waals surface area (Å²) in [6.45, 7) is 9.06. The summed E-state index contributed by atoms with van der Waals surface area (Å²) in [4.78, 5) is 27.1. The second-order valence-electron chi connectivity index (χ2n) is 5.59. The predicted molar refractivity (Wildman–Crippen MR) is 78.5 cm³/mol. The van der Waals surface area contributed by atoms with E-state index in [0.29, 0.717) is 5.69 Å². The van der Waals surface area contributed by atoms with Crippen molar-refractivity contribution in [2.75, 3.05) is 0 Å². The van der Waals surface area contributed by atoms with Crippen LogP contribution >= 0.6 is 0 Å². The summed E-state index contributed by atoms with van der Waals surface area (Å²) in [5, 5.41) is 12.0. The van der Waals surface area contributed by atoms with Crippen LogP contribution in [0.2, 0.25) is 0 Å². The molecule has 0 fully saturated rings. The van der Waals surface area contributed by atoms with Gasteiger partial charge >= 0.3 is 5.97 Å². The van der Waals surface area contributed by atoms with Crippen LogP contribution < -0.4 is 10.1 Å². The van der Waals surface area contributed by atoms with Crippen LogP contribution in [0, 0.1) is 6.92 Å². The third-order valence-corrected chi connectivity index (χ3v) is 3.22. The van der Waals surface area contributed by atoms with E-state index < -0.39 is 12.1 Å². The molecule has 21 heavy (non-hydrogen) atoms. The van der Waals surface area contributed by atoms with Gasteiger partial charge in [-0.25, -0.2) is 9.78 Å². The van der Waals surface area contributed by atoms with E-state index in [0.717, 1.165) is 6.42 Å². The number of carbonyl (C=O) groups is 2. The normalized spacial score (nSPS) is 12.6. The van der Waals surface area contributed by atoms with Crippen molar-refractivity contribution in [3.63, 3.8) is 0 Å². The summed E-state index contributed by atoms with van der Waals surface area (Å²) in [5.74, 6) is -1.39. The van der Waals surface area contributed by atoms with Crippen molar-refractivity contribution in [2.24, 2.45) is 0 Å². The number of aryl methyl sites for hydroxylation is 1. The fourth-order valence-corrected chi connectivity index (χ4v) is 1.56. The van der Waals surface area contributed by atoms with Crippen LogP contribution in [0.5, 0.6) is 5.75 Å². The van der Waals surface area contributed by atoms with Gasteiger partial charge in [0.2, 0.25) is 0 Å². The van der Waals surface area contributed by atoms with Gasteiger partial charge in [-0.2, -0.15) is 0 Å². The van der Waals surface area contributed by atoms with Crippen molar-refractivity contribution < 1.29 is 19.4 Å². The van der Waals surface area contributed by atoms with E-state index in [1.807, 2.05) is 20.8 Å². The molecule has 0 spiro atoms. The van der Waals surface area contributed by atoms with Crippen molar-refractivity contribution >= 4 is 11.9 Å². The topological polar surface area (TPSA) is 88.5 Å². The van der Waals surface area contributed by atoms with Crippen LogP contribution in [0.3, 0.4) is 0 Å². The first-order chi connectivity index (χ1) is 9.66. The number of carboxylic acid groups (broad SMARTS) is 1. The summed E-state index contributed by atoms with van der Waals surface area (Å²) < 4.78 is 5.46. The molecule has 0 saturated heterocycles. The van der Waals surface area contributed by atoms with Crippen LogP contribution in [0.4, 0.5) is 0 Å². The maximum atomic E-state index is 12.1. The highest BCUT2D eigenvalue weighted by atomic mass is 16.5. The Morgan fingerprint density at radius 2 is 2.05 bits per heavy atom. The third kappa shape index (κ3) is 4.73. The van der Waals surface area contributed by atoms with Gasteiger partial charge in [-0.3, -0.25) is 4.79 Å². The number of pyridine rings is 1. The first-order valence-corrected chi connectivity index (χ1v) is 6.86. The molecule has 0 aliphatic carbocycles. The molecular formula is C15H22N2O4. The Labute approximate surface area is 124 Å². The molecule has 0 radical (unpaired) electrons. The monoisotopic (exact) mass is 294 g/mol. The SMILES string of the molecule is CCC(C)(C)NC(=O)C(C)Oc1ccc(C)nc1C(=O)O. The largest absolute Gasteiger partial charge is 0.478 e. The molecule has 116 valence electrons. The van der Waals surface area contributed by atoms with Crippen LogP contribution in [0.15, 0.2) is 12.1 Å².